The number of ether oxygens (including phenoxy) is 3. The van der Waals surface area contributed by atoms with Crippen molar-refractivity contribution < 1.29 is 47.3 Å². The number of aliphatic hydroxyl groups excluding tert-OH is 1. The zero-order valence-electron chi connectivity index (χ0n) is 34.4. The molecule has 2 fully saturated rings. The Kier molecular flexibility index (Phi) is 15.5. The molecular formula is C47H50N2O10. The first-order chi connectivity index (χ1) is 28.1. The number of nitriles is 2. The van der Waals surface area contributed by atoms with E-state index in [1.54, 1.807) is 24.7 Å². The summed E-state index contributed by atoms with van der Waals surface area (Å²) >= 11 is 0. The lowest BCUT2D eigenvalue weighted by molar-refractivity contribution is -0.147. The van der Waals surface area contributed by atoms with Crippen molar-refractivity contribution in [1.29, 1.82) is 10.5 Å². The van der Waals surface area contributed by atoms with E-state index in [2.05, 4.69) is 21.6 Å². The normalized spacial score (nSPS) is 19.5. The molecule has 2 aromatic heterocycles. The number of nitrogens with zero attached hydrogens (tertiary/aromatic N) is 2. The Bertz CT molecular complexity index is 2230. The van der Waals surface area contributed by atoms with Gasteiger partial charge in [0.25, 0.3) is 0 Å². The molecule has 2 aliphatic rings. The highest BCUT2D eigenvalue weighted by Crippen LogP contribution is 2.60. The molecule has 0 radical (unpaired) electrons. The summed E-state index contributed by atoms with van der Waals surface area (Å²) in [7, 11) is 2.45. The number of rotatable bonds is 13. The molecule has 12 heteroatoms. The van der Waals surface area contributed by atoms with Gasteiger partial charge in [-0.05, 0) is 52.8 Å². The van der Waals surface area contributed by atoms with Gasteiger partial charge in [-0.2, -0.15) is 10.5 Å². The van der Waals surface area contributed by atoms with E-state index >= 15 is 0 Å². The Hall–Kier alpha value is -6.50. The maximum Gasteiger partial charge on any atom is 0.348 e. The third-order valence-corrected chi connectivity index (χ3v) is 10.7. The van der Waals surface area contributed by atoms with Crippen LogP contribution in [0.15, 0.2) is 117 Å². The molecule has 4 aromatic rings. The molecular weight excluding hydrogens is 753 g/mol. The fourth-order valence-corrected chi connectivity index (χ4v) is 7.12. The van der Waals surface area contributed by atoms with E-state index in [1.807, 2.05) is 94.4 Å². The maximum atomic E-state index is 12.5. The van der Waals surface area contributed by atoms with Gasteiger partial charge in [-0.25, -0.2) is 9.59 Å². The fraction of sp³-hybridized carbons (Fsp3) is 0.362. The second-order valence-electron chi connectivity index (χ2n) is 15.6. The van der Waals surface area contributed by atoms with E-state index in [9.17, 15) is 19.2 Å². The lowest BCUT2D eigenvalue weighted by Crippen LogP contribution is -2.10. The van der Waals surface area contributed by atoms with Crippen LogP contribution in [0.3, 0.4) is 0 Å². The van der Waals surface area contributed by atoms with Crippen LogP contribution in [-0.4, -0.2) is 43.0 Å². The first kappa shape index (κ1) is 45.2. The fourth-order valence-electron chi connectivity index (χ4n) is 7.12. The maximum absolute atomic E-state index is 12.5. The predicted octanol–water partition coefficient (Wildman–Crippen LogP) is 7.64. The van der Waals surface area contributed by atoms with Crippen molar-refractivity contribution >= 4 is 23.7 Å². The van der Waals surface area contributed by atoms with Gasteiger partial charge in [-0.15, -0.1) is 0 Å². The highest BCUT2D eigenvalue weighted by molar-refractivity contribution is 5.94. The summed E-state index contributed by atoms with van der Waals surface area (Å²) in [6.45, 7) is 9.40. The Morgan fingerprint density at radius 3 is 1.51 bits per heavy atom. The summed E-state index contributed by atoms with van der Waals surface area (Å²) in [5.41, 5.74) is 3.29. The lowest BCUT2D eigenvalue weighted by Gasteiger charge is -2.03. The molecule has 4 unspecified atom stereocenters. The van der Waals surface area contributed by atoms with Crippen molar-refractivity contribution in [3.8, 4) is 12.1 Å². The number of esters is 3. The number of furan rings is 2. The van der Waals surface area contributed by atoms with Crippen LogP contribution in [0.4, 0.5) is 0 Å². The van der Waals surface area contributed by atoms with Crippen molar-refractivity contribution in [2.45, 2.75) is 60.7 Å². The highest BCUT2D eigenvalue weighted by atomic mass is 16.5. The quantitative estimate of drug-likeness (QED) is 0.0603. The van der Waals surface area contributed by atoms with Gasteiger partial charge < -0.3 is 28.2 Å². The summed E-state index contributed by atoms with van der Waals surface area (Å²) < 4.78 is 25.4. The molecule has 4 atom stereocenters. The Morgan fingerprint density at radius 1 is 0.695 bits per heavy atom. The highest BCUT2D eigenvalue weighted by Gasteiger charge is 2.62. The number of aliphatic hydroxyl groups is 1. The van der Waals surface area contributed by atoms with Gasteiger partial charge in [0.1, 0.15) is 47.2 Å². The van der Waals surface area contributed by atoms with Crippen LogP contribution in [0.5, 0.6) is 0 Å². The number of Topliss-reactive ketones (excluding diaryl/α,β-unsaturated/α-hetero) is 1. The summed E-state index contributed by atoms with van der Waals surface area (Å²) in [6, 6.07) is 27.4. The van der Waals surface area contributed by atoms with Crippen LogP contribution in [0.25, 0.3) is 0 Å². The molecule has 6 rings (SSSR count). The molecule has 59 heavy (non-hydrogen) atoms. The number of hydrogen-bond donors (Lipinski definition) is 1. The number of hydrogen-bond acceptors (Lipinski definition) is 12. The molecule has 308 valence electrons. The number of carbonyl (C=O) groups excluding carboxylic acids is 4. The largest absolute Gasteiger partial charge is 0.469 e. The standard InChI is InChI=1S/C23H23NO5.C12H15NO3.C12H12O2/c1-23(2)19(11-17(12-24)21(25)27-3)20(23)22(26)29-14-16-10-18(28-13-16)9-15-7-5-4-6-8-15;1-7(14)10-9(12(10,2)3)5-8(6-13)11(15)16-4;13-8-11-7-12(14-9-11)6-10-4-2-1-3-5-10/h4-8,10-11,13,19-20H,9,14H2,1-3H3;5,9-10H,1-4H3;1-5,7,9,13H,6,8H2/b17-11+;8-5+;. The predicted molar refractivity (Wildman–Crippen MR) is 215 cm³/mol. The van der Waals surface area contributed by atoms with Gasteiger partial charge in [-0.3, -0.25) is 9.59 Å². The summed E-state index contributed by atoms with van der Waals surface area (Å²) in [4.78, 5) is 46.6. The molecule has 0 amide bonds. The monoisotopic (exact) mass is 802 g/mol. The molecule has 2 aliphatic carbocycles. The molecule has 12 nitrogen and oxygen atoms in total. The molecule has 0 saturated heterocycles. The minimum Gasteiger partial charge on any atom is -0.469 e. The van der Waals surface area contributed by atoms with Gasteiger partial charge in [0, 0.05) is 29.9 Å². The number of ketones is 1. The molecule has 2 saturated carbocycles. The van der Waals surface area contributed by atoms with Crippen LogP contribution in [0.1, 0.15) is 68.4 Å². The average molecular weight is 803 g/mol. The van der Waals surface area contributed by atoms with Crippen molar-refractivity contribution in [1.82, 2.24) is 0 Å². The van der Waals surface area contributed by atoms with Crippen molar-refractivity contribution in [2.75, 3.05) is 14.2 Å². The summed E-state index contributed by atoms with van der Waals surface area (Å²) in [6.07, 6.45) is 7.69. The van der Waals surface area contributed by atoms with E-state index in [4.69, 9.17) is 29.2 Å². The third-order valence-electron chi connectivity index (χ3n) is 10.7. The summed E-state index contributed by atoms with van der Waals surface area (Å²) in [5, 5.41) is 26.8. The molecule has 0 aliphatic heterocycles. The second kappa shape index (κ2) is 20.3. The lowest BCUT2D eigenvalue weighted by atomic mass is 10.1. The number of methoxy groups -OCH3 is 2. The first-order valence-electron chi connectivity index (χ1n) is 19.0. The Morgan fingerprint density at radius 2 is 1.12 bits per heavy atom. The number of carbonyl (C=O) groups is 4. The van der Waals surface area contributed by atoms with Crippen LogP contribution in [0.2, 0.25) is 0 Å². The van der Waals surface area contributed by atoms with Crippen LogP contribution < -0.4 is 0 Å². The van der Waals surface area contributed by atoms with Crippen molar-refractivity contribution in [3.05, 3.63) is 142 Å². The molecule has 0 bridgehead atoms. The SMILES string of the molecule is COC(=O)/C(C#N)=C/C1C(C(=O)OCc2coc(Cc3ccccc3)c2)C1(C)C.COC(=O)/C(C#N)=C/C1C(C(C)=O)C1(C)C.OCc1coc(Cc2ccccc2)c1. The van der Waals surface area contributed by atoms with E-state index in [0.717, 1.165) is 34.6 Å². The Labute approximate surface area is 344 Å². The van der Waals surface area contributed by atoms with Crippen LogP contribution >= 0.6 is 0 Å². The average Bonchev–Trinajstić information content (AvgIpc) is 3.65. The van der Waals surface area contributed by atoms with Gasteiger partial charge in [0.05, 0.1) is 39.3 Å². The van der Waals surface area contributed by atoms with Crippen molar-refractivity contribution in [2.24, 2.45) is 34.5 Å². The van der Waals surface area contributed by atoms with Gasteiger partial charge in [0.2, 0.25) is 0 Å². The molecule has 1 N–H and O–H groups in total. The minimum atomic E-state index is -0.702. The topological polar surface area (TPSA) is 190 Å². The van der Waals surface area contributed by atoms with Gasteiger partial charge in [-0.1, -0.05) is 101 Å². The minimum absolute atomic E-state index is 0.0238. The van der Waals surface area contributed by atoms with E-state index in [1.165, 1.54) is 32.8 Å². The van der Waals surface area contributed by atoms with Crippen LogP contribution in [0, 0.1) is 57.2 Å². The van der Waals surface area contributed by atoms with Crippen molar-refractivity contribution in [3.63, 3.8) is 0 Å². The third kappa shape index (κ3) is 12.0. The van der Waals surface area contributed by atoms with E-state index < -0.39 is 17.9 Å². The number of benzene rings is 2. The molecule has 0 spiro atoms. The summed E-state index contributed by atoms with van der Waals surface area (Å²) in [5.74, 6) is -0.726. The number of allylic oxidation sites excluding steroid dienone is 2. The van der Waals surface area contributed by atoms with Gasteiger partial charge in [0.15, 0.2) is 0 Å². The smallest absolute Gasteiger partial charge is 0.348 e. The van der Waals surface area contributed by atoms with E-state index in [-0.39, 0.29) is 64.7 Å². The first-order valence-corrected chi connectivity index (χ1v) is 19.0. The van der Waals surface area contributed by atoms with Gasteiger partial charge >= 0.3 is 17.9 Å². The molecule has 2 heterocycles. The zero-order valence-corrected chi connectivity index (χ0v) is 34.4. The van der Waals surface area contributed by atoms with E-state index in [0.29, 0.717) is 6.42 Å². The molecule has 2 aromatic carbocycles. The van der Waals surface area contributed by atoms with Crippen LogP contribution in [-0.2, 0) is 59.4 Å². The Balaban J connectivity index is 0.000000216. The second-order valence-corrected chi connectivity index (χ2v) is 15.6. The zero-order chi connectivity index (χ0) is 43.3.